The summed E-state index contributed by atoms with van der Waals surface area (Å²) in [4.78, 5) is 2.35. The molecular formula is C12H20N4OS. The van der Waals surface area contributed by atoms with Gasteiger partial charge in [0.2, 0.25) is 5.95 Å². The first kappa shape index (κ1) is 12.3. The Morgan fingerprint density at radius 2 is 2.11 bits per heavy atom. The molecule has 3 heterocycles. The van der Waals surface area contributed by atoms with E-state index in [-0.39, 0.29) is 0 Å². The van der Waals surface area contributed by atoms with Gasteiger partial charge in [-0.15, -0.1) is 10.2 Å². The minimum atomic E-state index is 0.341. The average molecular weight is 268 g/mol. The quantitative estimate of drug-likeness (QED) is 0.779. The van der Waals surface area contributed by atoms with Gasteiger partial charge in [0.1, 0.15) is 0 Å². The van der Waals surface area contributed by atoms with Crippen molar-refractivity contribution in [2.75, 3.05) is 30.9 Å². The SMILES string of the molecule is CSc1nnc(N2CCCC2)n1C[C@@H]1CCCO1. The zero-order valence-electron chi connectivity index (χ0n) is 10.8. The van der Waals surface area contributed by atoms with E-state index in [9.17, 15) is 0 Å². The zero-order chi connectivity index (χ0) is 12.4. The smallest absolute Gasteiger partial charge is 0.228 e. The maximum Gasteiger partial charge on any atom is 0.228 e. The van der Waals surface area contributed by atoms with Crippen LogP contribution >= 0.6 is 11.8 Å². The van der Waals surface area contributed by atoms with Crippen LogP contribution in [0.3, 0.4) is 0 Å². The molecule has 18 heavy (non-hydrogen) atoms. The molecule has 2 saturated heterocycles. The van der Waals surface area contributed by atoms with Crippen molar-refractivity contribution in [3.8, 4) is 0 Å². The number of rotatable bonds is 4. The monoisotopic (exact) mass is 268 g/mol. The third-order valence-corrected chi connectivity index (χ3v) is 4.35. The first-order valence-electron chi connectivity index (χ1n) is 6.72. The fraction of sp³-hybridized carbons (Fsp3) is 0.833. The molecule has 3 rings (SSSR count). The first-order valence-corrected chi connectivity index (χ1v) is 7.94. The van der Waals surface area contributed by atoms with E-state index in [1.165, 1.54) is 19.3 Å². The van der Waals surface area contributed by atoms with Crippen LogP contribution in [0, 0.1) is 0 Å². The second kappa shape index (κ2) is 5.48. The van der Waals surface area contributed by atoms with E-state index in [4.69, 9.17) is 4.74 Å². The van der Waals surface area contributed by atoms with Gasteiger partial charge < -0.3 is 9.64 Å². The molecule has 5 nitrogen and oxygen atoms in total. The summed E-state index contributed by atoms with van der Waals surface area (Å²) in [5.74, 6) is 1.03. The second-order valence-corrected chi connectivity index (χ2v) is 5.70. The molecule has 6 heteroatoms. The molecule has 0 amide bonds. The molecule has 0 aliphatic carbocycles. The predicted octanol–water partition coefficient (Wildman–Crippen LogP) is 1.78. The molecule has 0 N–H and O–H groups in total. The minimum absolute atomic E-state index is 0.341. The molecule has 0 spiro atoms. The van der Waals surface area contributed by atoms with Gasteiger partial charge in [0.25, 0.3) is 0 Å². The highest BCUT2D eigenvalue weighted by Crippen LogP contribution is 2.25. The van der Waals surface area contributed by atoms with E-state index in [1.54, 1.807) is 11.8 Å². The Kier molecular flexibility index (Phi) is 3.75. The summed E-state index contributed by atoms with van der Waals surface area (Å²) in [6.07, 6.45) is 7.27. The van der Waals surface area contributed by atoms with Crippen molar-refractivity contribution < 1.29 is 4.74 Å². The normalized spacial score (nSPS) is 24.1. The highest BCUT2D eigenvalue weighted by Gasteiger charge is 2.24. The van der Waals surface area contributed by atoms with Crippen LogP contribution in [0.2, 0.25) is 0 Å². The molecule has 2 fully saturated rings. The van der Waals surface area contributed by atoms with Gasteiger partial charge >= 0.3 is 0 Å². The minimum Gasteiger partial charge on any atom is -0.376 e. The maximum absolute atomic E-state index is 5.74. The van der Waals surface area contributed by atoms with Crippen molar-refractivity contribution in [1.82, 2.24) is 14.8 Å². The molecule has 0 aromatic carbocycles. The van der Waals surface area contributed by atoms with Crippen LogP contribution in [-0.4, -0.2) is 46.8 Å². The fourth-order valence-electron chi connectivity index (χ4n) is 2.73. The van der Waals surface area contributed by atoms with Crippen LogP contribution in [0.15, 0.2) is 5.16 Å². The molecular weight excluding hydrogens is 248 g/mol. The van der Waals surface area contributed by atoms with Crippen LogP contribution in [0.5, 0.6) is 0 Å². The summed E-state index contributed by atoms with van der Waals surface area (Å²) in [6.45, 7) is 4.02. The van der Waals surface area contributed by atoms with Crippen LogP contribution in [0.25, 0.3) is 0 Å². The standard InChI is InChI=1S/C12H20N4OS/c1-18-12-14-13-11(15-6-2-3-7-15)16(12)9-10-5-4-8-17-10/h10H,2-9H2,1H3/t10-/m0/s1. The molecule has 2 aliphatic rings. The molecule has 1 atom stereocenters. The first-order chi connectivity index (χ1) is 8.88. The Bertz CT molecular complexity index is 397. The van der Waals surface area contributed by atoms with E-state index in [0.29, 0.717) is 6.10 Å². The van der Waals surface area contributed by atoms with Gasteiger partial charge in [-0.05, 0) is 31.9 Å². The van der Waals surface area contributed by atoms with E-state index in [1.807, 2.05) is 0 Å². The molecule has 0 radical (unpaired) electrons. The van der Waals surface area contributed by atoms with Crippen LogP contribution in [-0.2, 0) is 11.3 Å². The predicted molar refractivity (Wildman–Crippen MR) is 72.2 cm³/mol. The number of anilines is 1. The van der Waals surface area contributed by atoms with Crippen molar-refractivity contribution >= 4 is 17.7 Å². The molecule has 0 bridgehead atoms. The van der Waals surface area contributed by atoms with Gasteiger partial charge in [0, 0.05) is 19.7 Å². The number of hydrogen-bond donors (Lipinski definition) is 0. The lowest BCUT2D eigenvalue weighted by Gasteiger charge is -2.20. The molecule has 2 aliphatic heterocycles. The summed E-state index contributed by atoms with van der Waals surface area (Å²) in [6, 6.07) is 0. The maximum atomic E-state index is 5.74. The molecule has 0 unspecified atom stereocenters. The Hall–Kier alpha value is -0.750. The molecule has 100 valence electrons. The van der Waals surface area contributed by atoms with E-state index < -0.39 is 0 Å². The van der Waals surface area contributed by atoms with Crippen molar-refractivity contribution in [3.05, 3.63) is 0 Å². The summed E-state index contributed by atoms with van der Waals surface area (Å²) in [7, 11) is 0. The lowest BCUT2D eigenvalue weighted by atomic mass is 10.2. The third kappa shape index (κ3) is 2.36. The van der Waals surface area contributed by atoms with Gasteiger partial charge in [-0.1, -0.05) is 11.8 Å². The summed E-state index contributed by atoms with van der Waals surface area (Å²) in [5.41, 5.74) is 0. The molecule has 1 aromatic heterocycles. The van der Waals surface area contributed by atoms with Crippen molar-refractivity contribution in [2.24, 2.45) is 0 Å². The molecule has 1 aromatic rings. The van der Waals surface area contributed by atoms with Crippen LogP contribution in [0.1, 0.15) is 25.7 Å². The number of aromatic nitrogens is 3. The Morgan fingerprint density at radius 1 is 1.28 bits per heavy atom. The summed E-state index contributed by atoms with van der Waals surface area (Å²) >= 11 is 1.67. The van der Waals surface area contributed by atoms with Gasteiger partial charge in [0.15, 0.2) is 5.16 Å². The van der Waals surface area contributed by atoms with Gasteiger partial charge in [0.05, 0.1) is 12.6 Å². The summed E-state index contributed by atoms with van der Waals surface area (Å²) in [5, 5.41) is 9.68. The number of nitrogens with zero attached hydrogens (tertiary/aromatic N) is 4. The average Bonchev–Trinajstić information content (AvgIpc) is 3.10. The zero-order valence-corrected chi connectivity index (χ0v) is 11.7. The van der Waals surface area contributed by atoms with Gasteiger partial charge in [-0.25, -0.2) is 0 Å². The number of thioether (sulfide) groups is 1. The summed E-state index contributed by atoms with van der Waals surface area (Å²) < 4.78 is 7.98. The third-order valence-electron chi connectivity index (χ3n) is 3.68. The second-order valence-electron chi connectivity index (χ2n) is 4.93. The lowest BCUT2D eigenvalue weighted by Crippen LogP contribution is -2.25. The van der Waals surface area contributed by atoms with Crippen molar-refractivity contribution in [1.29, 1.82) is 0 Å². The number of hydrogen-bond acceptors (Lipinski definition) is 5. The highest BCUT2D eigenvalue weighted by atomic mass is 32.2. The number of ether oxygens (including phenoxy) is 1. The van der Waals surface area contributed by atoms with E-state index in [0.717, 1.165) is 43.8 Å². The van der Waals surface area contributed by atoms with Crippen LogP contribution < -0.4 is 4.90 Å². The topological polar surface area (TPSA) is 43.2 Å². The lowest BCUT2D eigenvalue weighted by molar-refractivity contribution is 0.0952. The Morgan fingerprint density at radius 3 is 2.78 bits per heavy atom. The van der Waals surface area contributed by atoms with Crippen molar-refractivity contribution in [2.45, 2.75) is 43.5 Å². The Balaban J connectivity index is 1.81. The van der Waals surface area contributed by atoms with Crippen LogP contribution in [0.4, 0.5) is 5.95 Å². The Labute approximate surface area is 112 Å². The largest absolute Gasteiger partial charge is 0.376 e. The van der Waals surface area contributed by atoms with E-state index in [2.05, 4.69) is 25.9 Å². The molecule has 0 saturated carbocycles. The fourth-order valence-corrected chi connectivity index (χ4v) is 3.23. The van der Waals surface area contributed by atoms with Gasteiger partial charge in [-0.2, -0.15) is 0 Å². The van der Waals surface area contributed by atoms with E-state index >= 15 is 0 Å². The highest BCUT2D eigenvalue weighted by molar-refractivity contribution is 7.98. The van der Waals surface area contributed by atoms with Gasteiger partial charge in [-0.3, -0.25) is 4.57 Å². The van der Waals surface area contributed by atoms with Crippen molar-refractivity contribution in [3.63, 3.8) is 0 Å².